The second-order valence-electron chi connectivity index (χ2n) is 4.26. The first kappa shape index (κ1) is 13.6. The molecule has 0 bridgehead atoms. The summed E-state index contributed by atoms with van der Waals surface area (Å²) in [6.07, 6.45) is -1.73. The smallest absolute Gasteiger partial charge is 0.263 e. The van der Waals surface area contributed by atoms with Crippen LogP contribution in [0.3, 0.4) is 0 Å². The maximum atomic E-state index is 11.7. The van der Waals surface area contributed by atoms with Gasteiger partial charge in [-0.15, -0.1) is 11.3 Å². The number of hydrogen-bond donors (Lipinski definition) is 4. The van der Waals surface area contributed by atoms with Crippen molar-refractivity contribution < 1.29 is 15.0 Å². The summed E-state index contributed by atoms with van der Waals surface area (Å²) in [7, 11) is 1.48. The number of carbonyl (C=O) groups is 1. The molecule has 2 atom stereocenters. The molecule has 7 nitrogen and oxygen atoms in total. The van der Waals surface area contributed by atoms with E-state index < -0.39 is 12.2 Å². The number of aliphatic hydroxyl groups is 2. The molecule has 1 amide bonds. The number of nitrogens with one attached hydrogen (secondary N) is 1. The quantitative estimate of drug-likeness (QED) is 0.558. The lowest BCUT2D eigenvalue weighted by molar-refractivity contribution is 0.0572. The van der Waals surface area contributed by atoms with Crippen LogP contribution in [0, 0.1) is 11.3 Å². The van der Waals surface area contributed by atoms with E-state index in [0.29, 0.717) is 5.00 Å². The third-order valence-electron chi connectivity index (χ3n) is 3.02. The van der Waals surface area contributed by atoms with Gasteiger partial charge in [0.05, 0.1) is 17.9 Å². The Morgan fingerprint density at radius 3 is 2.58 bits per heavy atom. The van der Waals surface area contributed by atoms with Crippen molar-refractivity contribution in [3.8, 4) is 6.07 Å². The SMILES string of the molecule is CNC(=O)c1sc(N2CC(O)C(O)C2)c(C#N)c1N. The lowest BCUT2D eigenvalue weighted by atomic mass is 10.2. The van der Waals surface area contributed by atoms with Crippen LogP contribution in [0.25, 0.3) is 0 Å². The number of hydrogen-bond acceptors (Lipinski definition) is 7. The Labute approximate surface area is 113 Å². The van der Waals surface area contributed by atoms with Gasteiger partial charge in [0.15, 0.2) is 0 Å². The number of β-amino-alcohol motifs (C(OH)–C–C–N with tert-alkyl or cyclic N) is 2. The Kier molecular flexibility index (Phi) is 3.61. The fourth-order valence-corrected chi connectivity index (χ4v) is 3.12. The minimum atomic E-state index is -0.863. The minimum Gasteiger partial charge on any atom is -0.396 e. The van der Waals surface area contributed by atoms with Crippen molar-refractivity contribution in [2.75, 3.05) is 30.8 Å². The lowest BCUT2D eigenvalue weighted by Crippen LogP contribution is -2.22. The fourth-order valence-electron chi connectivity index (χ4n) is 1.98. The molecule has 1 aliphatic heterocycles. The molecule has 102 valence electrons. The summed E-state index contributed by atoms with van der Waals surface area (Å²) in [5.74, 6) is -0.356. The Morgan fingerprint density at radius 1 is 1.53 bits per heavy atom. The highest BCUT2D eigenvalue weighted by Crippen LogP contribution is 2.39. The number of aliphatic hydroxyl groups excluding tert-OH is 2. The van der Waals surface area contributed by atoms with Crippen molar-refractivity contribution in [1.82, 2.24) is 5.32 Å². The van der Waals surface area contributed by atoms with E-state index in [-0.39, 0.29) is 35.1 Å². The van der Waals surface area contributed by atoms with Crippen LogP contribution in [0.15, 0.2) is 0 Å². The zero-order valence-electron chi connectivity index (χ0n) is 10.3. The molecule has 1 aromatic heterocycles. The van der Waals surface area contributed by atoms with Gasteiger partial charge in [-0.2, -0.15) is 5.26 Å². The number of nitrogens with two attached hydrogens (primary N) is 1. The van der Waals surface area contributed by atoms with Crippen molar-refractivity contribution in [1.29, 1.82) is 5.26 Å². The third kappa shape index (κ3) is 2.23. The predicted molar refractivity (Wildman–Crippen MR) is 71.1 cm³/mol. The average molecular weight is 282 g/mol. The molecule has 1 saturated heterocycles. The number of rotatable bonds is 2. The van der Waals surface area contributed by atoms with Gasteiger partial charge in [0, 0.05) is 20.1 Å². The van der Waals surface area contributed by atoms with Gasteiger partial charge in [0.2, 0.25) is 0 Å². The van der Waals surface area contributed by atoms with Gasteiger partial charge in [-0.1, -0.05) is 0 Å². The number of nitriles is 1. The summed E-state index contributed by atoms with van der Waals surface area (Å²) >= 11 is 1.09. The molecule has 19 heavy (non-hydrogen) atoms. The first-order valence-electron chi connectivity index (χ1n) is 5.65. The highest BCUT2D eigenvalue weighted by molar-refractivity contribution is 7.19. The number of anilines is 2. The Balaban J connectivity index is 2.42. The summed E-state index contributed by atoms with van der Waals surface area (Å²) in [4.78, 5) is 13.6. The van der Waals surface area contributed by atoms with Gasteiger partial charge in [0.25, 0.3) is 5.91 Å². The van der Waals surface area contributed by atoms with E-state index in [4.69, 9.17) is 11.0 Å². The highest BCUT2D eigenvalue weighted by Gasteiger charge is 2.33. The van der Waals surface area contributed by atoms with Crippen LogP contribution in [-0.2, 0) is 0 Å². The zero-order chi connectivity index (χ0) is 14.2. The molecule has 1 fully saturated rings. The van der Waals surface area contributed by atoms with Crippen molar-refractivity contribution in [2.24, 2.45) is 0 Å². The molecule has 2 heterocycles. The van der Waals surface area contributed by atoms with Gasteiger partial charge in [-0.25, -0.2) is 0 Å². The van der Waals surface area contributed by atoms with E-state index in [2.05, 4.69) is 5.32 Å². The predicted octanol–water partition coefficient (Wildman–Crippen LogP) is -0.897. The molecular weight excluding hydrogens is 268 g/mol. The molecule has 0 aliphatic carbocycles. The minimum absolute atomic E-state index is 0.137. The van der Waals surface area contributed by atoms with E-state index in [0.717, 1.165) is 11.3 Å². The second-order valence-corrected chi connectivity index (χ2v) is 5.25. The second kappa shape index (κ2) is 5.05. The van der Waals surface area contributed by atoms with Crippen LogP contribution in [-0.4, -0.2) is 48.5 Å². The number of nitrogens with zero attached hydrogens (tertiary/aromatic N) is 2. The topological polar surface area (TPSA) is 123 Å². The highest BCUT2D eigenvalue weighted by atomic mass is 32.1. The number of thiophene rings is 1. The molecule has 2 unspecified atom stereocenters. The molecule has 1 aliphatic rings. The molecule has 2 rings (SSSR count). The molecule has 0 saturated carbocycles. The van der Waals surface area contributed by atoms with Crippen molar-refractivity contribution >= 4 is 27.9 Å². The van der Waals surface area contributed by atoms with Gasteiger partial charge in [0.1, 0.15) is 21.5 Å². The number of amides is 1. The van der Waals surface area contributed by atoms with E-state index in [1.807, 2.05) is 6.07 Å². The summed E-state index contributed by atoms with van der Waals surface area (Å²) < 4.78 is 0. The molecule has 0 radical (unpaired) electrons. The van der Waals surface area contributed by atoms with Crippen LogP contribution < -0.4 is 16.0 Å². The maximum absolute atomic E-state index is 11.7. The first-order valence-corrected chi connectivity index (χ1v) is 6.46. The summed E-state index contributed by atoms with van der Waals surface area (Å²) in [5.41, 5.74) is 6.15. The first-order chi connectivity index (χ1) is 8.99. The number of carbonyl (C=O) groups excluding carboxylic acids is 1. The Morgan fingerprint density at radius 2 is 2.11 bits per heavy atom. The van der Waals surface area contributed by atoms with E-state index in [1.165, 1.54) is 7.05 Å². The van der Waals surface area contributed by atoms with Crippen molar-refractivity contribution in [2.45, 2.75) is 12.2 Å². The molecule has 5 N–H and O–H groups in total. The van der Waals surface area contributed by atoms with Crippen LogP contribution >= 0.6 is 11.3 Å². The fraction of sp³-hybridized carbons (Fsp3) is 0.455. The van der Waals surface area contributed by atoms with Crippen LogP contribution in [0.5, 0.6) is 0 Å². The molecule has 1 aromatic rings. The summed E-state index contributed by atoms with van der Waals surface area (Å²) in [6, 6.07) is 1.97. The maximum Gasteiger partial charge on any atom is 0.263 e. The summed E-state index contributed by atoms with van der Waals surface area (Å²) in [6.45, 7) is 0.423. The number of nitrogen functional groups attached to an aromatic ring is 1. The van der Waals surface area contributed by atoms with Gasteiger partial charge < -0.3 is 26.2 Å². The molecular formula is C11H14N4O3S. The molecule has 8 heteroatoms. The third-order valence-corrected chi connectivity index (χ3v) is 4.28. The average Bonchev–Trinajstić information content (AvgIpc) is 2.89. The standard InChI is InChI=1S/C11H14N4O3S/c1-14-10(18)9-8(13)5(2-12)11(19-9)15-3-6(16)7(17)4-15/h6-7,16-17H,3-4,13H2,1H3,(H,14,18). The molecule has 0 spiro atoms. The largest absolute Gasteiger partial charge is 0.396 e. The molecule has 0 aromatic carbocycles. The zero-order valence-corrected chi connectivity index (χ0v) is 11.1. The van der Waals surface area contributed by atoms with E-state index in [9.17, 15) is 15.0 Å². The van der Waals surface area contributed by atoms with E-state index in [1.54, 1.807) is 4.90 Å². The van der Waals surface area contributed by atoms with Crippen molar-refractivity contribution in [3.05, 3.63) is 10.4 Å². The summed E-state index contributed by atoms with van der Waals surface area (Å²) in [5, 5.41) is 31.2. The van der Waals surface area contributed by atoms with Crippen LogP contribution in [0.4, 0.5) is 10.7 Å². The Bertz CT molecular complexity index is 541. The van der Waals surface area contributed by atoms with Gasteiger partial charge in [-0.3, -0.25) is 4.79 Å². The normalized spacial score (nSPS) is 22.3. The van der Waals surface area contributed by atoms with Gasteiger partial charge in [-0.05, 0) is 0 Å². The lowest BCUT2D eigenvalue weighted by Gasteiger charge is -2.15. The van der Waals surface area contributed by atoms with Crippen LogP contribution in [0.1, 0.15) is 15.2 Å². The van der Waals surface area contributed by atoms with Gasteiger partial charge >= 0.3 is 0 Å². The Hall–Kier alpha value is -1.82. The van der Waals surface area contributed by atoms with Crippen LogP contribution in [0.2, 0.25) is 0 Å². The monoisotopic (exact) mass is 282 g/mol. The van der Waals surface area contributed by atoms with Crippen molar-refractivity contribution in [3.63, 3.8) is 0 Å². The van der Waals surface area contributed by atoms with E-state index >= 15 is 0 Å².